The molecule has 0 spiro atoms. The maximum Gasteiger partial charge on any atom is 0.162 e. The Kier molecular flexibility index (Phi) is 6.98. The predicted molar refractivity (Wildman–Crippen MR) is 112 cm³/mol. The van der Waals surface area contributed by atoms with Gasteiger partial charge in [0, 0.05) is 30.5 Å². The number of aliphatic hydroxyl groups excluding tert-OH is 2. The molecule has 3 N–H and O–H groups in total. The molecule has 1 aliphatic rings. The van der Waals surface area contributed by atoms with Crippen molar-refractivity contribution in [3.63, 3.8) is 0 Å². The van der Waals surface area contributed by atoms with Gasteiger partial charge >= 0.3 is 0 Å². The topological polar surface area (TPSA) is 78.3 Å². The van der Waals surface area contributed by atoms with E-state index in [1.54, 1.807) is 24.4 Å². The number of nitrogens with zero attached hydrogens (tertiary/aromatic N) is 2. The molecule has 1 saturated carbocycles. The Labute approximate surface area is 172 Å². The Hall–Kier alpha value is -1.89. The molecule has 6 heteroatoms. The smallest absolute Gasteiger partial charge is 0.162 e. The van der Waals surface area contributed by atoms with Crippen molar-refractivity contribution in [3.05, 3.63) is 48.0 Å². The molecule has 0 unspecified atom stereocenters. The van der Waals surface area contributed by atoms with Gasteiger partial charge in [0.1, 0.15) is 5.82 Å². The minimum atomic E-state index is -0.537. The summed E-state index contributed by atoms with van der Waals surface area (Å²) in [5.74, 6) is -0.139. The minimum absolute atomic E-state index is 0.0540. The Morgan fingerprint density at radius 1 is 1.17 bits per heavy atom. The second kappa shape index (κ2) is 9.28. The Bertz CT molecular complexity index is 809. The van der Waals surface area contributed by atoms with Crippen LogP contribution in [-0.4, -0.2) is 45.5 Å². The van der Waals surface area contributed by atoms with Crippen LogP contribution in [0.1, 0.15) is 39.3 Å². The van der Waals surface area contributed by atoms with Crippen molar-refractivity contribution >= 4 is 0 Å². The van der Waals surface area contributed by atoms with E-state index in [0.29, 0.717) is 24.2 Å². The summed E-state index contributed by atoms with van der Waals surface area (Å²) in [6.45, 7) is 7.42. The first-order chi connectivity index (χ1) is 13.8. The van der Waals surface area contributed by atoms with E-state index in [9.17, 15) is 14.6 Å². The molecule has 3 rings (SSSR count). The summed E-state index contributed by atoms with van der Waals surface area (Å²) >= 11 is 0. The average molecular weight is 402 g/mol. The summed E-state index contributed by atoms with van der Waals surface area (Å²) in [6, 6.07) is 8.41. The SMILES string of the molecule is CC(C)(C)CCN[C@@H]1C[C@@H](O)[C@H](CO)[C@H]1Cc1ccnc(-c2ccccc2F)n1. The highest BCUT2D eigenvalue weighted by Gasteiger charge is 2.42. The summed E-state index contributed by atoms with van der Waals surface area (Å²) in [5, 5.41) is 23.9. The van der Waals surface area contributed by atoms with E-state index in [1.807, 2.05) is 6.07 Å². The molecule has 1 aromatic carbocycles. The third-order valence-electron chi connectivity index (χ3n) is 5.82. The van der Waals surface area contributed by atoms with Gasteiger partial charge in [0.2, 0.25) is 0 Å². The fourth-order valence-corrected chi connectivity index (χ4v) is 4.14. The van der Waals surface area contributed by atoms with E-state index in [2.05, 4.69) is 36.1 Å². The third kappa shape index (κ3) is 5.59. The lowest BCUT2D eigenvalue weighted by Gasteiger charge is -2.26. The first-order valence-corrected chi connectivity index (χ1v) is 10.4. The van der Waals surface area contributed by atoms with Gasteiger partial charge in [0.25, 0.3) is 0 Å². The summed E-state index contributed by atoms with van der Waals surface area (Å²) < 4.78 is 14.1. The van der Waals surface area contributed by atoms with Gasteiger partial charge < -0.3 is 15.5 Å². The van der Waals surface area contributed by atoms with Gasteiger partial charge in [0.15, 0.2) is 5.82 Å². The molecule has 1 aromatic heterocycles. The van der Waals surface area contributed by atoms with E-state index in [-0.39, 0.29) is 35.7 Å². The molecule has 0 saturated heterocycles. The van der Waals surface area contributed by atoms with Crippen molar-refractivity contribution in [2.24, 2.45) is 17.3 Å². The zero-order chi connectivity index (χ0) is 21.0. The highest BCUT2D eigenvalue weighted by atomic mass is 19.1. The molecule has 0 bridgehead atoms. The van der Waals surface area contributed by atoms with Crippen molar-refractivity contribution in [2.45, 2.75) is 52.2 Å². The van der Waals surface area contributed by atoms with Gasteiger partial charge in [-0.05, 0) is 55.3 Å². The van der Waals surface area contributed by atoms with Crippen molar-refractivity contribution in [2.75, 3.05) is 13.2 Å². The lowest BCUT2D eigenvalue weighted by atomic mass is 9.88. The van der Waals surface area contributed by atoms with Crippen LogP contribution in [0.25, 0.3) is 11.4 Å². The Morgan fingerprint density at radius 3 is 2.62 bits per heavy atom. The number of benzene rings is 1. The van der Waals surface area contributed by atoms with Gasteiger partial charge in [-0.2, -0.15) is 0 Å². The van der Waals surface area contributed by atoms with Gasteiger partial charge in [-0.1, -0.05) is 32.9 Å². The van der Waals surface area contributed by atoms with Crippen LogP contribution < -0.4 is 5.32 Å². The maximum atomic E-state index is 14.1. The fraction of sp³-hybridized carbons (Fsp3) is 0.565. The van der Waals surface area contributed by atoms with E-state index in [4.69, 9.17) is 0 Å². The second-order valence-electron chi connectivity index (χ2n) is 9.24. The van der Waals surface area contributed by atoms with Gasteiger partial charge in [-0.25, -0.2) is 14.4 Å². The third-order valence-corrected chi connectivity index (χ3v) is 5.82. The van der Waals surface area contributed by atoms with Crippen molar-refractivity contribution < 1.29 is 14.6 Å². The van der Waals surface area contributed by atoms with E-state index in [0.717, 1.165) is 18.7 Å². The molecule has 1 aliphatic carbocycles. The normalized spacial score (nSPS) is 24.8. The first kappa shape index (κ1) is 21.8. The number of hydrogen-bond acceptors (Lipinski definition) is 5. The molecule has 1 fully saturated rings. The minimum Gasteiger partial charge on any atom is -0.396 e. The number of halogens is 1. The molecular formula is C23H32FN3O2. The van der Waals surface area contributed by atoms with Crippen LogP contribution in [0.15, 0.2) is 36.5 Å². The average Bonchev–Trinajstić information content (AvgIpc) is 2.95. The van der Waals surface area contributed by atoms with E-state index in [1.165, 1.54) is 6.07 Å². The lowest BCUT2D eigenvalue weighted by molar-refractivity contribution is 0.0716. The highest BCUT2D eigenvalue weighted by Crippen LogP contribution is 2.35. The lowest BCUT2D eigenvalue weighted by Crippen LogP contribution is -2.37. The molecule has 2 aromatic rings. The zero-order valence-electron chi connectivity index (χ0n) is 17.5. The van der Waals surface area contributed by atoms with Crippen molar-refractivity contribution in [3.8, 4) is 11.4 Å². The van der Waals surface area contributed by atoms with Crippen molar-refractivity contribution in [1.82, 2.24) is 15.3 Å². The predicted octanol–water partition coefficient (Wildman–Crippen LogP) is 3.21. The van der Waals surface area contributed by atoms with Crippen LogP contribution >= 0.6 is 0 Å². The summed E-state index contributed by atoms with van der Waals surface area (Å²) in [7, 11) is 0. The summed E-state index contributed by atoms with van der Waals surface area (Å²) in [6.07, 6.45) is 3.35. The van der Waals surface area contributed by atoms with Crippen LogP contribution in [0, 0.1) is 23.1 Å². The first-order valence-electron chi connectivity index (χ1n) is 10.4. The largest absolute Gasteiger partial charge is 0.396 e. The molecule has 158 valence electrons. The summed E-state index contributed by atoms with van der Waals surface area (Å²) in [4.78, 5) is 8.80. The Morgan fingerprint density at radius 2 is 1.93 bits per heavy atom. The van der Waals surface area contributed by atoms with Crippen molar-refractivity contribution in [1.29, 1.82) is 0 Å². The molecule has 4 atom stereocenters. The molecule has 0 radical (unpaired) electrons. The van der Waals surface area contributed by atoms with Gasteiger partial charge in [-0.3, -0.25) is 0 Å². The zero-order valence-corrected chi connectivity index (χ0v) is 17.5. The molecule has 0 amide bonds. The standard InChI is InChI=1S/C23H32FN3O2/c1-23(2,3)9-11-25-20-13-21(29)18(14-28)17(20)12-15-8-10-26-22(27-15)16-6-4-5-7-19(16)24/h4-8,10,17-18,20-21,25,28-29H,9,11-14H2,1-3H3/t17-,18-,20-,21-/m1/s1. The number of aliphatic hydroxyl groups is 2. The molecule has 5 nitrogen and oxygen atoms in total. The van der Waals surface area contributed by atoms with E-state index < -0.39 is 6.10 Å². The molecule has 1 heterocycles. The summed E-state index contributed by atoms with van der Waals surface area (Å²) in [5.41, 5.74) is 1.40. The van der Waals surface area contributed by atoms with Crippen LogP contribution in [0.3, 0.4) is 0 Å². The second-order valence-corrected chi connectivity index (χ2v) is 9.24. The van der Waals surface area contributed by atoms with Crippen LogP contribution in [0.4, 0.5) is 4.39 Å². The van der Waals surface area contributed by atoms with Crippen LogP contribution in [-0.2, 0) is 6.42 Å². The monoisotopic (exact) mass is 401 g/mol. The molecule has 29 heavy (non-hydrogen) atoms. The maximum absolute atomic E-state index is 14.1. The number of hydrogen-bond donors (Lipinski definition) is 3. The number of rotatable bonds is 7. The van der Waals surface area contributed by atoms with Crippen LogP contribution in [0.2, 0.25) is 0 Å². The number of aromatic nitrogens is 2. The fourth-order valence-electron chi connectivity index (χ4n) is 4.14. The highest BCUT2D eigenvalue weighted by molar-refractivity contribution is 5.55. The quantitative estimate of drug-likeness (QED) is 0.664. The molecular weight excluding hydrogens is 369 g/mol. The number of nitrogens with one attached hydrogen (secondary N) is 1. The van der Waals surface area contributed by atoms with Gasteiger partial charge in [-0.15, -0.1) is 0 Å². The Balaban J connectivity index is 1.76. The van der Waals surface area contributed by atoms with E-state index >= 15 is 0 Å². The molecule has 0 aliphatic heterocycles. The van der Waals surface area contributed by atoms with Gasteiger partial charge in [0.05, 0.1) is 11.7 Å². The van der Waals surface area contributed by atoms with Crippen LogP contribution in [0.5, 0.6) is 0 Å².